The van der Waals surface area contributed by atoms with Gasteiger partial charge < -0.3 is 10.8 Å². The van der Waals surface area contributed by atoms with E-state index in [4.69, 9.17) is 10.8 Å². The van der Waals surface area contributed by atoms with Gasteiger partial charge in [0.2, 0.25) is 0 Å². The zero-order valence-electron chi connectivity index (χ0n) is 7.85. The Kier molecular flexibility index (Phi) is 2.48. The minimum atomic E-state index is -0.278. The monoisotopic (exact) mass is 187 g/mol. The van der Waals surface area contributed by atoms with Gasteiger partial charge >= 0.3 is 0 Å². The van der Waals surface area contributed by atoms with E-state index in [1.165, 1.54) is 5.39 Å². The minimum absolute atomic E-state index is 0.0155. The van der Waals surface area contributed by atoms with Crippen molar-refractivity contribution in [2.45, 2.75) is 6.04 Å². The molecule has 14 heavy (non-hydrogen) atoms. The van der Waals surface area contributed by atoms with Crippen molar-refractivity contribution < 1.29 is 5.11 Å². The summed E-state index contributed by atoms with van der Waals surface area (Å²) in [4.78, 5) is 0. The summed E-state index contributed by atoms with van der Waals surface area (Å²) in [5, 5.41) is 11.3. The Morgan fingerprint density at radius 2 is 1.79 bits per heavy atom. The number of benzene rings is 2. The van der Waals surface area contributed by atoms with Gasteiger partial charge in [-0.1, -0.05) is 36.4 Å². The van der Waals surface area contributed by atoms with Crippen molar-refractivity contribution in [3.63, 3.8) is 0 Å². The molecule has 0 saturated heterocycles. The molecule has 2 aromatic carbocycles. The third-order valence-corrected chi connectivity index (χ3v) is 2.40. The smallest absolute Gasteiger partial charge is 0.0624 e. The fourth-order valence-electron chi connectivity index (χ4n) is 1.54. The predicted molar refractivity (Wildman–Crippen MR) is 58.0 cm³/mol. The molecule has 0 aliphatic rings. The maximum absolute atomic E-state index is 8.94. The average molecular weight is 187 g/mol. The highest BCUT2D eigenvalue weighted by molar-refractivity contribution is 5.83. The Bertz CT molecular complexity index is 439. The van der Waals surface area contributed by atoms with Crippen LogP contribution in [0.25, 0.3) is 10.8 Å². The summed E-state index contributed by atoms with van der Waals surface area (Å²) in [6, 6.07) is 13.8. The second-order valence-corrected chi connectivity index (χ2v) is 3.40. The van der Waals surface area contributed by atoms with Gasteiger partial charge in [0.15, 0.2) is 0 Å². The minimum Gasteiger partial charge on any atom is -0.394 e. The molecule has 0 radical (unpaired) electrons. The first kappa shape index (κ1) is 9.19. The number of fused-ring (bicyclic) bond motifs is 1. The predicted octanol–water partition coefficient (Wildman–Crippen LogP) is 1.83. The summed E-state index contributed by atoms with van der Waals surface area (Å²) in [5.74, 6) is 0. The molecule has 0 saturated carbocycles. The van der Waals surface area contributed by atoms with E-state index in [0.29, 0.717) is 0 Å². The summed E-state index contributed by atoms with van der Waals surface area (Å²) >= 11 is 0. The van der Waals surface area contributed by atoms with Crippen molar-refractivity contribution in [1.82, 2.24) is 0 Å². The van der Waals surface area contributed by atoms with Gasteiger partial charge in [-0.25, -0.2) is 0 Å². The Hall–Kier alpha value is -1.38. The molecule has 0 aromatic heterocycles. The van der Waals surface area contributed by atoms with Gasteiger partial charge in [0.1, 0.15) is 0 Å². The Morgan fingerprint density at radius 1 is 1.07 bits per heavy atom. The molecule has 0 aliphatic heterocycles. The van der Waals surface area contributed by atoms with Crippen LogP contribution in [0, 0.1) is 0 Å². The van der Waals surface area contributed by atoms with E-state index in [1.807, 2.05) is 36.4 Å². The highest BCUT2D eigenvalue weighted by Gasteiger charge is 2.03. The third-order valence-electron chi connectivity index (χ3n) is 2.40. The van der Waals surface area contributed by atoms with E-state index in [9.17, 15) is 0 Å². The maximum atomic E-state index is 8.94. The lowest BCUT2D eigenvalue weighted by atomic mass is 10.0. The molecule has 72 valence electrons. The van der Waals surface area contributed by atoms with Crippen molar-refractivity contribution in [1.29, 1.82) is 0 Å². The van der Waals surface area contributed by atoms with Gasteiger partial charge in [0.25, 0.3) is 0 Å². The molecule has 1 atom stereocenters. The van der Waals surface area contributed by atoms with Crippen LogP contribution in [0.4, 0.5) is 0 Å². The van der Waals surface area contributed by atoms with Crippen molar-refractivity contribution in [2.75, 3.05) is 6.61 Å². The highest BCUT2D eigenvalue weighted by atomic mass is 16.3. The summed E-state index contributed by atoms with van der Waals surface area (Å²) in [5.41, 5.74) is 6.71. The largest absolute Gasteiger partial charge is 0.394 e. The molecule has 0 amide bonds. The van der Waals surface area contributed by atoms with E-state index >= 15 is 0 Å². The molecule has 2 aromatic rings. The number of aliphatic hydroxyl groups is 1. The zero-order valence-corrected chi connectivity index (χ0v) is 7.85. The first-order valence-electron chi connectivity index (χ1n) is 4.66. The molecule has 2 heteroatoms. The van der Waals surface area contributed by atoms with E-state index in [0.717, 1.165) is 10.9 Å². The topological polar surface area (TPSA) is 46.2 Å². The van der Waals surface area contributed by atoms with Gasteiger partial charge in [-0.05, 0) is 22.4 Å². The number of aliphatic hydroxyl groups excluding tert-OH is 1. The molecule has 0 aliphatic carbocycles. The third kappa shape index (κ3) is 1.62. The van der Waals surface area contributed by atoms with Gasteiger partial charge in [0, 0.05) is 0 Å². The van der Waals surface area contributed by atoms with Gasteiger partial charge in [-0.15, -0.1) is 0 Å². The summed E-state index contributed by atoms with van der Waals surface area (Å²) in [6.07, 6.45) is 0. The molecule has 0 fully saturated rings. The summed E-state index contributed by atoms with van der Waals surface area (Å²) in [6.45, 7) is -0.0155. The molecule has 0 heterocycles. The van der Waals surface area contributed by atoms with Gasteiger partial charge in [-0.3, -0.25) is 0 Å². The lowest BCUT2D eigenvalue weighted by Crippen LogP contribution is -2.14. The highest BCUT2D eigenvalue weighted by Crippen LogP contribution is 2.18. The molecule has 0 spiro atoms. The number of hydrogen-bond donors (Lipinski definition) is 2. The second-order valence-electron chi connectivity index (χ2n) is 3.40. The average Bonchev–Trinajstić information content (AvgIpc) is 2.27. The fourth-order valence-corrected chi connectivity index (χ4v) is 1.54. The molecule has 2 nitrogen and oxygen atoms in total. The first-order chi connectivity index (χ1) is 6.81. The second kappa shape index (κ2) is 3.78. The van der Waals surface area contributed by atoms with Crippen LogP contribution in [-0.4, -0.2) is 11.7 Å². The van der Waals surface area contributed by atoms with Crippen LogP contribution in [0.5, 0.6) is 0 Å². The summed E-state index contributed by atoms with van der Waals surface area (Å²) < 4.78 is 0. The first-order valence-corrected chi connectivity index (χ1v) is 4.66. The van der Waals surface area contributed by atoms with Crippen LogP contribution in [0.2, 0.25) is 0 Å². The molecule has 3 N–H and O–H groups in total. The normalized spacial score (nSPS) is 13.0. The molecular weight excluding hydrogens is 174 g/mol. The van der Waals surface area contributed by atoms with Crippen LogP contribution >= 0.6 is 0 Å². The molecule has 0 unspecified atom stereocenters. The van der Waals surface area contributed by atoms with E-state index in [2.05, 4.69) is 6.07 Å². The van der Waals surface area contributed by atoms with Crippen LogP contribution in [-0.2, 0) is 0 Å². The number of rotatable bonds is 2. The van der Waals surface area contributed by atoms with Crippen LogP contribution in [0.1, 0.15) is 11.6 Å². The van der Waals surface area contributed by atoms with E-state index in [1.54, 1.807) is 0 Å². The van der Waals surface area contributed by atoms with Crippen LogP contribution in [0.15, 0.2) is 42.5 Å². The lowest BCUT2D eigenvalue weighted by Gasteiger charge is -2.09. The Balaban J connectivity index is 2.51. The Morgan fingerprint density at radius 3 is 2.50 bits per heavy atom. The van der Waals surface area contributed by atoms with Gasteiger partial charge in [0.05, 0.1) is 12.6 Å². The van der Waals surface area contributed by atoms with E-state index < -0.39 is 0 Å². The van der Waals surface area contributed by atoms with Crippen LogP contribution in [0.3, 0.4) is 0 Å². The SMILES string of the molecule is N[C@H](CO)c1ccc2ccccc2c1. The molecular formula is C12H13NO. The fraction of sp³-hybridized carbons (Fsp3) is 0.167. The lowest BCUT2D eigenvalue weighted by molar-refractivity contribution is 0.268. The quantitative estimate of drug-likeness (QED) is 0.753. The van der Waals surface area contributed by atoms with E-state index in [-0.39, 0.29) is 12.6 Å². The van der Waals surface area contributed by atoms with Crippen molar-refractivity contribution in [3.8, 4) is 0 Å². The zero-order chi connectivity index (χ0) is 9.97. The maximum Gasteiger partial charge on any atom is 0.0624 e. The number of nitrogens with two attached hydrogens (primary N) is 1. The van der Waals surface area contributed by atoms with Crippen molar-refractivity contribution in [3.05, 3.63) is 48.0 Å². The number of hydrogen-bond acceptors (Lipinski definition) is 2. The van der Waals surface area contributed by atoms with Crippen LogP contribution < -0.4 is 5.73 Å². The molecule has 2 rings (SSSR count). The van der Waals surface area contributed by atoms with Crippen molar-refractivity contribution in [2.24, 2.45) is 5.73 Å². The standard InChI is InChI=1S/C12H13NO/c13-12(8-14)11-6-5-9-3-1-2-4-10(9)7-11/h1-7,12,14H,8,13H2/t12-/m1/s1. The molecule has 0 bridgehead atoms. The van der Waals surface area contributed by atoms with Gasteiger partial charge in [-0.2, -0.15) is 0 Å². The Labute approximate surface area is 83.0 Å². The summed E-state index contributed by atoms with van der Waals surface area (Å²) in [7, 11) is 0. The van der Waals surface area contributed by atoms with Crippen molar-refractivity contribution >= 4 is 10.8 Å².